The molecule has 0 aromatic carbocycles. The second-order valence-corrected chi connectivity index (χ2v) is 4.10. The van der Waals surface area contributed by atoms with Gasteiger partial charge in [-0.05, 0) is 13.0 Å². The Morgan fingerprint density at radius 2 is 2.24 bits per heavy atom. The number of pyridine rings is 1. The number of hydrogen-bond donors (Lipinski definition) is 2. The lowest BCUT2D eigenvalue weighted by molar-refractivity contribution is 0.0694. The molecule has 0 fully saturated rings. The first-order valence-electron chi connectivity index (χ1n) is 5.53. The van der Waals surface area contributed by atoms with Crippen molar-refractivity contribution in [3.05, 3.63) is 23.5 Å². The van der Waals surface area contributed by atoms with Crippen LogP contribution in [0.15, 0.2) is 12.3 Å². The van der Waals surface area contributed by atoms with Crippen LogP contribution in [-0.4, -0.2) is 48.6 Å². The van der Waals surface area contributed by atoms with Crippen LogP contribution in [0.2, 0.25) is 0 Å². The Morgan fingerprint density at radius 3 is 2.82 bits per heavy atom. The molecule has 0 amide bonds. The highest BCUT2D eigenvalue weighted by atomic mass is 16.5. The van der Waals surface area contributed by atoms with Gasteiger partial charge >= 0.3 is 0 Å². The van der Waals surface area contributed by atoms with Gasteiger partial charge in [0.25, 0.3) is 0 Å². The second-order valence-electron chi connectivity index (χ2n) is 4.10. The molecule has 0 radical (unpaired) electrons. The molecule has 1 atom stereocenters. The van der Waals surface area contributed by atoms with Crippen LogP contribution in [0.5, 0.6) is 0 Å². The molecule has 0 saturated carbocycles. The summed E-state index contributed by atoms with van der Waals surface area (Å²) in [6, 6.07) is 1.89. The van der Waals surface area contributed by atoms with E-state index in [1.165, 1.54) is 0 Å². The lowest BCUT2D eigenvalue weighted by Gasteiger charge is -2.24. The molecule has 0 aliphatic heterocycles. The van der Waals surface area contributed by atoms with Crippen molar-refractivity contribution in [2.24, 2.45) is 0 Å². The fourth-order valence-corrected chi connectivity index (χ4v) is 1.71. The Morgan fingerprint density at radius 1 is 1.53 bits per heavy atom. The summed E-state index contributed by atoms with van der Waals surface area (Å²) in [6.07, 6.45) is 1.11. The summed E-state index contributed by atoms with van der Waals surface area (Å²) in [4.78, 5) is 6.03. The van der Waals surface area contributed by atoms with E-state index in [2.05, 4.69) is 4.98 Å². The van der Waals surface area contributed by atoms with E-state index >= 15 is 0 Å². The first kappa shape index (κ1) is 13.9. The average molecular weight is 240 g/mol. The molecule has 0 aliphatic rings. The quantitative estimate of drug-likeness (QED) is 0.750. The van der Waals surface area contributed by atoms with Crippen molar-refractivity contribution in [2.75, 3.05) is 32.2 Å². The van der Waals surface area contributed by atoms with Gasteiger partial charge in [-0.15, -0.1) is 0 Å². The summed E-state index contributed by atoms with van der Waals surface area (Å²) in [7, 11) is 3.42. The van der Waals surface area contributed by atoms with Crippen LogP contribution in [0.1, 0.15) is 11.3 Å². The number of aliphatic hydroxyl groups excluding tert-OH is 2. The topological polar surface area (TPSA) is 65.8 Å². The number of nitrogens with zero attached hydrogens (tertiary/aromatic N) is 2. The summed E-state index contributed by atoms with van der Waals surface area (Å²) in [6.45, 7) is 2.57. The molecule has 17 heavy (non-hydrogen) atoms. The number of aromatic nitrogens is 1. The highest BCUT2D eigenvalue weighted by Gasteiger charge is 2.12. The second kappa shape index (κ2) is 6.54. The molecule has 1 aromatic rings. The summed E-state index contributed by atoms with van der Waals surface area (Å²) in [5.74, 6) is 0. The molecule has 5 heteroatoms. The van der Waals surface area contributed by atoms with Crippen molar-refractivity contribution >= 4 is 5.69 Å². The zero-order valence-electron chi connectivity index (χ0n) is 10.6. The fourth-order valence-electron chi connectivity index (χ4n) is 1.71. The first-order chi connectivity index (χ1) is 8.08. The van der Waals surface area contributed by atoms with Gasteiger partial charge in [0, 0.05) is 43.8 Å². The third kappa shape index (κ3) is 3.96. The predicted molar refractivity (Wildman–Crippen MR) is 66.0 cm³/mol. The number of likely N-dealkylation sites (N-methyl/N-ethyl adjacent to an activating group) is 1. The van der Waals surface area contributed by atoms with E-state index in [0.717, 1.165) is 16.9 Å². The van der Waals surface area contributed by atoms with E-state index in [1.54, 1.807) is 13.3 Å². The van der Waals surface area contributed by atoms with Gasteiger partial charge in [0.15, 0.2) is 0 Å². The third-order valence-electron chi connectivity index (χ3n) is 2.52. The standard InChI is InChI=1S/C12H20N2O3/c1-9-4-12(10(7-15)5-13-9)14(2)6-11(16)8-17-3/h4-5,11,15-16H,6-8H2,1-3H3. The molecule has 1 heterocycles. The van der Waals surface area contributed by atoms with Gasteiger partial charge in [0.1, 0.15) is 0 Å². The normalized spacial score (nSPS) is 12.5. The van der Waals surface area contributed by atoms with E-state index < -0.39 is 6.10 Å². The number of aryl methyl sites for hydroxylation is 1. The van der Waals surface area contributed by atoms with Crippen molar-refractivity contribution < 1.29 is 14.9 Å². The lowest BCUT2D eigenvalue weighted by atomic mass is 10.2. The monoisotopic (exact) mass is 240 g/mol. The molecule has 2 N–H and O–H groups in total. The third-order valence-corrected chi connectivity index (χ3v) is 2.52. The minimum atomic E-state index is -0.551. The molecular weight excluding hydrogens is 220 g/mol. The number of hydrogen-bond acceptors (Lipinski definition) is 5. The number of methoxy groups -OCH3 is 1. The summed E-state index contributed by atoms with van der Waals surface area (Å²) in [5, 5.41) is 18.9. The van der Waals surface area contributed by atoms with E-state index in [4.69, 9.17) is 4.74 Å². The molecule has 0 saturated heterocycles. The Balaban J connectivity index is 2.79. The van der Waals surface area contributed by atoms with Crippen molar-refractivity contribution in [2.45, 2.75) is 19.6 Å². The number of rotatable bonds is 6. The molecule has 0 aliphatic carbocycles. The Kier molecular flexibility index (Phi) is 5.34. The molecule has 5 nitrogen and oxygen atoms in total. The van der Waals surface area contributed by atoms with Crippen molar-refractivity contribution in [1.29, 1.82) is 0 Å². The molecule has 1 aromatic heterocycles. The van der Waals surface area contributed by atoms with Crippen molar-refractivity contribution in [3.63, 3.8) is 0 Å². The van der Waals surface area contributed by atoms with E-state index in [-0.39, 0.29) is 6.61 Å². The first-order valence-corrected chi connectivity index (χ1v) is 5.53. The van der Waals surface area contributed by atoms with Gasteiger partial charge in [0.05, 0.1) is 19.3 Å². The number of aliphatic hydroxyl groups is 2. The van der Waals surface area contributed by atoms with Crippen molar-refractivity contribution in [3.8, 4) is 0 Å². The molecule has 96 valence electrons. The molecular formula is C12H20N2O3. The minimum Gasteiger partial charge on any atom is -0.392 e. The summed E-state index contributed by atoms with van der Waals surface area (Å²) >= 11 is 0. The largest absolute Gasteiger partial charge is 0.392 e. The molecule has 0 bridgehead atoms. The maximum Gasteiger partial charge on any atom is 0.0947 e. The van der Waals surface area contributed by atoms with Crippen LogP contribution in [-0.2, 0) is 11.3 Å². The highest BCUT2D eigenvalue weighted by Crippen LogP contribution is 2.19. The maximum absolute atomic E-state index is 9.67. The van der Waals surface area contributed by atoms with Gasteiger partial charge in [-0.2, -0.15) is 0 Å². The molecule has 1 unspecified atom stereocenters. The highest BCUT2D eigenvalue weighted by molar-refractivity contribution is 5.52. The SMILES string of the molecule is COCC(O)CN(C)c1cc(C)ncc1CO. The lowest BCUT2D eigenvalue weighted by Crippen LogP contribution is -2.32. The fraction of sp³-hybridized carbons (Fsp3) is 0.583. The Hall–Kier alpha value is -1.17. The van der Waals surface area contributed by atoms with Gasteiger partial charge in [-0.25, -0.2) is 0 Å². The van der Waals surface area contributed by atoms with Crippen LogP contribution in [0, 0.1) is 6.92 Å². The zero-order valence-corrected chi connectivity index (χ0v) is 10.6. The van der Waals surface area contributed by atoms with Crippen LogP contribution < -0.4 is 4.90 Å². The van der Waals surface area contributed by atoms with Gasteiger partial charge in [0.2, 0.25) is 0 Å². The summed E-state index contributed by atoms with van der Waals surface area (Å²) < 4.78 is 4.88. The van der Waals surface area contributed by atoms with E-state index in [1.807, 2.05) is 24.9 Å². The zero-order chi connectivity index (χ0) is 12.8. The van der Waals surface area contributed by atoms with Crippen LogP contribution in [0.25, 0.3) is 0 Å². The number of anilines is 1. The van der Waals surface area contributed by atoms with Crippen LogP contribution in [0.3, 0.4) is 0 Å². The minimum absolute atomic E-state index is 0.0622. The van der Waals surface area contributed by atoms with Gasteiger partial charge in [-0.3, -0.25) is 4.98 Å². The van der Waals surface area contributed by atoms with Crippen molar-refractivity contribution in [1.82, 2.24) is 4.98 Å². The van der Waals surface area contributed by atoms with Gasteiger partial charge < -0.3 is 19.8 Å². The van der Waals surface area contributed by atoms with Crippen LogP contribution >= 0.6 is 0 Å². The predicted octanol–water partition coefficient (Wildman–Crippen LogP) is 0.326. The Bertz CT molecular complexity index is 358. The maximum atomic E-state index is 9.67. The summed E-state index contributed by atoms with van der Waals surface area (Å²) in [5.41, 5.74) is 2.52. The molecule has 0 spiro atoms. The Labute approximate surface area is 102 Å². The number of ether oxygens (including phenoxy) is 1. The van der Waals surface area contributed by atoms with Gasteiger partial charge in [-0.1, -0.05) is 0 Å². The van der Waals surface area contributed by atoms with E-state index in [0.29, 0.717) is 13.2 Å². The van der Waals surface area contributed by atoms with Crippen LogP contribution in [0.4, 0.5) is 5.69 Å². The van der Waals surface area contributed by atoms with E-state index in [9.17, 15) is 10.2 Å². The average Bonchev–Trinajstić information content (AvgIpc) is 2.29. The smallest absolute Gasteiger partial charge is 0.0947 e. The molecule has 1 rings (SSSR count).